The predicted octanol–water partition coefficient (Wildman–Crippen LogP) is -1.06. The summed E-state index contributed by atoms with van der Waals surface area (Å²) in [7, 11) is 0. The minimum atomic E-state index is -1.76. The van der Waals surface area contributed by atoms with Crippen LogP contribution in [-0.4, -0.2) is 108 Å². The summed E-state index contributed by atoms with van der Waals surface area (Å²) in [6.45, 7) is 0.698. The standard InChI is InChI=1S/C27H30O14/c1-9-20(33)22(35)24(37)27(38-9)41-26-23(36)21(34)18(8-28)40-25(26)12-4-10(2-3-13(12)30)16-7-15(32)19-14(31)5-11(29)6-17(19)39-16/h2-7,9,18,20-31,33-37H,8H2,1H3/t9-,18+,20-,21+,22+,23-,24+,25-,26+,27-/m0/s1. The van der Waals surface area contributed by atoms with E-state index in [-0.39, 0.29) is 39.4 Å². The highest BCUT2D eigenvalue weighted by Gasteiger charge is 2.50. The molecule has 41 heavy (non-hydrogen) atoms. The topological polar surface area (TPSA) is 240 Å². The van der Waals surface area contributed by atoms with E-state index in [1.54, 1.807) is 0 Å². The van der Waals surface area contributed by atoms with Gasteiger partial charge in [0.15, 0.2) is 11.7 Å². The van der Waals surface area contributed by atoms with Crippen molar-refractivity contribution in [1.29, 1.82) is 0 Å². The number of phenolic OH excluding ortho intramolecular Hbond substituents is 3. The molecule has 3 heterocycles. The smallest absolute Gasteiger partial charge is 0.197 e. The second-order valence-electron chi connectivity index (χ2n) is 10.1. The Hall–Kier alpha value is -3.31. The van der Waals surface area contributed by atoms with Gasteiger partial charge in [-0.3, -0.25) is 4.79 Å². The molecule has 0 amide bonds. The number of aliphatic hydroxyl groups excluding tert-OH is 6. The summed E-state index contributed by atoms with van der Waals surface area (Å²) in [5, 5.41) is 92.4. The van der Waals surface area contributed by atoms with Gasteiger partial charge < -0.3 is 64.6 Å². The highest BCUT2D eigenvalue weighted by atomic mass is 16.7. The molecule has 0 saturated carbocycles. The average molecular weight is 579 g/mol. The van der Waals surface area contributed by atoms with Gasteiger partial charge >= 0.3 is 0 Å². The van der Waals surface area contributed by atoms with Gasteiger partial charge in [-0.25, -0.2) is 0 Å². The first kappa shape index (κ1) is 29.2. The van der Waals surface area contributed by atoms with E-state index in [0.29, 0.717) is 0 Å². The summed E-state index contributed by atoms with van der Waals surface area (Å²) in [5.41, 5.74) is -0.575. The second-order valence-corrected chi connectivity index (χ2v) is 10.1. The zero-order valence-electron chi connectivity index (χ0n) is 21.5. The molecule has 2 aliphatic rings. The van der Waals surface area contributed by atoms with E-state index in [9.17, 15) is 50.8 Å². The maximum Gasteiger partial charge on any atom is 0.197 e. The van der Waals surface area contributed by atoms with Crippen molar-refractivity contribution in [1.82, 2.24) is 0 Å². The number of phenols is 3. The van der Waals surface area contributed by atoms with Crippen LogP contribution in [-0.2, 0) is 14.2 Å². The molecule has 5 rings (SSSR count). The summed E-state index contributed by atoms with van der Waals surface area (Å²) in [5.74, 6) is -1.24. The van der Waals surface area contributed by atoms with Crippen LogP contribution in [0.15, 0.2) is 45.6 Å². The fourth-order valence-corrected chi connectivity index (χ4v) is 5.11. The van der Waals surface area contributed by atoms with E-state index >= 15 is 0 Å². The van der Waals surface area contributed by atoms with Gasteiger partial charge in [0, 0.05) is 29.3 Å². The zero-order valence-corrected chi connectivity index (χ0v) is 21.5. The normalized spacial score (nSPS) is 34.1. The van der Waals surface area contributed by atoms with Crippen LogP contribution in [0.5, 0.6) is 17.2 Å². The molecule has 222 valence electrons. The molecule has 0 radical (unpaired) electrons. The monoisotopic (exact) mass is 578 g/mol. The van der Waals surface area contributed by atoms with Crippen molar-refractivity contribution in [3.8, 4) is 28.6 Å². The van der Waals surface area contributed by atoms with Crippen molar-refractivity contribution in [2.45, 2.75) is 68.1 Å². The molecule has 0 unspecified atom stereocenters. The van der Waals surface area contributed by atoms with Gasteiger partial charge in [-0.1, -0.05) is 0 Å². The molecule has 2 aromatic carbocycles. The number of ether oxygens (including phenoxy) is 3. The fourth-order valence-electron chi connectivity index (χ4n) is 5.11. The lowest BCUT2D eigenvalue weighted by Gasteiger charge is -2.46. The zero-order chi connectivity index (χ0) is 29.7. The maximum absolute atomic E-state index is 12.7. The van der Waals surface area contributed by atoms with E-state index < -0.39 is 79.0 Å². The summed E-state index contributed by atoms with van der Waals surface area (Å²) in [6, 6.07) is 7.17. The van der Waals surface area contributed by atoms with Crippen molar-refractivity contribution in [3.63, 3.8) is 0 Å². The van der Waals surface area contributed by atoms with E-state index in [1.807, 2.05) is 0 Å². The van der Waals surface area contributed by atoms with Crippen LogP contribution in [0.25, 0.3) is 22.3 Å². The third kappa shape index (κ3) is 5.25. The van der Waals surface area contributed by atoms with Gasteiger partial charge in [0.05, 0.1) is 12.7 Å². The van der Waals surface area contributed by atoms with Crippen LogP contribution in [0, 0.1) is 0 Å². The van der Waals surface area contributed by atoms with Gasteiger partial charge in [-0.15, -0.1) is 0 Å². The molecule has 14 heteroatoms. The third-order valence-corrected chi connectivity index (χ3v) is 7.38. The van der Waals surface area contributed by atoms with Gasteiger partial charge in [-0.05, 0) is 25.1 Å². The molecule has 3 aromatic rings. The Morgan fingerprint density at radius 2 is 1.56 bits per heavy atom. The molecule has 0 spiro atoms. The molecule has 14 nitrogen and oxygen atoms in total. The minimum absolute atomic E-state index is 0.0294. The highest BCUT2D eigenvalue weighted by Crippen LogP contribution is 2.41. The van der Waals surface area contributed by atoms with Crippen LogP contribution in [0.1, 0.15) is 18.6 Å². The van der Waals surface area contributed by atoms with Crippen molar-refractivity contribution >= 4 is 11.0 Å². The predicted molar refractivity (Wildman–Crippen MR) is 137 cm³/mol. The Bertz CT molecular complexity index is 1470. The van der Waals surface area contributed by atoms with Crippen LogP contribution >= 0.6 is 0 Å². The molecule has 2 fully saturated rings. The largest absolute Gasteiger partial charge is 0.508 e. The molecular formula is C27H30O14. The number of hydrogen-bond acceptors (Lipinski definition) is 14. The maximum atomic E-state index is 12.7. The van der Waals surface area contributed by atoms with Crippen molar-refractivity contribution in [2.75, 3.05) is 6.61 Å². The molecule has 2 aliphatic heterocycles. The molecule has 0 aliphatic carbocycles. The Labute approximate surface area is 231 Å². The van der Waals surface area contributed by atoms with E-state index in [4.69, 9.17) is 18.6 Å². The lowest BCUT2D eigenvalue weighted by molar-refractivity contribution is -0.338. The molecule has 1 aromatic heterocycles. The quantitative estimate of drug-likeness (QED) is 0.175. The van der Waals surface area contributed by atoms with Crippen LogP contribution in [0.4, 0.5) is 0 Å². The van der Waals surface area contributed by atoms with Crippen LogP contribution in [0.2, 0.25) is 0 Å². The minimum Gasteiger partial charge on any atom is -0.508 e. The summed E-state index contributed by atoms with van der Waals surface area (Å²) in [6.07, 6.45) is -15.2. The first-order valence-electron chi connectivity index (χ1n) is 12.7. The summed E-state index contributed by atoms with van der Waals surface area (Å²) < 4.78 is 22.8. The lowest BCUT2D eigenvalue weighted by atomic mass is 9.89. The molecule has 10 atom stereocenters. The number of hydrogen-bond donors (Lipinski definition) is 9. The Balaban J connectivity index is 1.56. The van der Waals surface area contributed by atoms with E-state index in [1.165, 1.54) is 25.1 Å². The van der Waals surface area contributed by atoms with Crippen molar-refractivity contribution < 1.29 is 64.6 Å². The average Bonchev–Trinajstić information content (AvgIpc) is 2.92. The van der Waals surface area contributed by atoms with E-state index in [2.05, 4.69) is 0 Å². The summed E-state index contributed by atoms with van der Waals surface area (Å²) in [4.78, 5) is 12.7. The third-order valence-electron chi connectivity index (χ3n) is 7.38. The Kier molecular flexibility index (Phi) is 7.95. The fraction of sp³-hybridized carbons (Fsp3) is 0.444. The number of benzene rings is 2. The Morgan fingerprint density at radius 1 is 0.829 bits per heavy atom. The number of rotatable bonds is 5. The molecular weight excluding hydrogens is 548 g/mol. The van der Waals surface area contributed by atoms with E-state index in [0.717, 1.165) is 18.2 Å². The molecule has 2 saturated heterocycles. The first-order valence-corrected chi connectivity index (χ1v) is 12.7. The number of fused-ring (bicyclic) bond motifs is 1. The second kappa shape index (κ2) is 11.2. The number of aromatic hydroxyl groups is 3. The van der Waals surface area contributed by atoms with Gasteiger partial charge in [0.25, 0.3) is 0 Å². The highest BCUT2D eigenvalue weighted by molar-refractivity contribution is 5.86. The van der Waals surface area contributed by atoms with Crippen molar-refractivity contribution in [3.05, 3.63) is 52.2 Å². The van der Waals surface area contributed by atoms with Crippen LogP contribution in [0.3, 0.4) is 0 Å². The Morgan fingerprint density at radius 3 is 2.27 bits per heavy atom. The van der Waals surface area contributed by atoms with Gasteiger partial charge in [-0.2, -0.15) is 0 Å². The summed E-state index contributed by atoms with van der Waals surface area (Å²) >= 11 is 0. The van der Waals surface area contributed by atoms with Crippen LogP contribution < -0.4 is 5.43 Å². The van der Waals surface area contributed by atoms with Crippen molar-refractivity contribution in [2.24, 2.45) is 0 Å². The number of aliphatic hydroxyl groups is 6. The molecule has 9 N–H and O–H groups in total. The van der Waals surface area contributed by atoms with Gasteiger partial charge in [0.1, 0.15) is 82.8 Å². The first-order chi connectivity index (χ1) is 19.4. The molecule has 0 bridgehead atoms. The lowest BCUT2D eigenvalue weighted by Crippen LogP contribution is -2.61. The SMILES string of the molecule is C[C@@H]1O[C@@H](O[C@@H]2[C@@H](O)[C@H](O)[C@@H](CO)O[C@H]2c2cc(-c3cc(=O)c4c(O)cc(O)cc4o3)ccc2O)[C@H](O)[C@H](O)[C@H]1O. The van der Waals surface area contributed by atoms with Gasteiger partial charge in [0.2, 0.25) is 0 Å².